The van der Waals surface area contributed by atoms with Crippen molar-refractivity contribution >= 4 is 50.0 Å². The molecule has 0 saturated heterocycles. The summed E-state index contributed by atoms with van der Waals surface area (Å²) in [5.41, 5.74) is 2.08. The molecule has 0 fully saturated rings. The minimum Gasteiger partial charge on any atom is -0.298 e. The normalized spacial score (nSPS) is 14.9. The van der Waals surface area contributed by atoms with Crippen molar-refractivity contribution in [2.75, 3.05) is 18.4 Å². The minimum absolute atomic E-state index is 0.169. The van der Waals surface area contributed by atoms with Crippen LogP contribution in [0.4, 0.5) is 5.13 Å². The highest BCUT2D eigenvalue weighted by molar-refractivity contribution is 7.19. The Morgan fingerprint density at radius 2 is 2.20 bits per heavy atom. The van der Waals surface area contributed by atoms with Crippen molar-refractivity contribution in [3.8, 4) is 0 Å². The van der Waals surface area contributed by atoms with Crippen LogP contribution in [0, 0.1) is 0 Å². The first-order valence-corrected chi connectivity index (χ1v) is 9.90. The molecule has 2 aromatic heterocycles. The third-order valence-electron chi connectivity index (χ3n) is 4.18. The number of thiazole rings is 2. The first kappa shape index (κ1) is 16.4. The lowest BCUT2D eigenvalue weighted by Gasteiger charge is -2.23. The van der Waals surface area contributed by atoms with Crippen LogP contribution >= 0.6 is 22.7 Å². The van der Waals surface area contributed by atoms with Crippen LogP contribution in [0.5, 0.6) is 0 Å². The lowest BCUT2D eigenvalue weighted by molar-refractivity contribution is -0.111. The number of rotatable bonds is 4. The molecule has 3 aromatic rings. The van der Waals surface area contributed by atoms with Crippen molar-refractivity contribution in [1.82, 2.24) is 14.9 Å². The van der Waals surface area contributed by atoms with Gasteiger partial charge in [0.05, 0.1) is 15.9 Å². The van der Waals surface area contributed by atoms with Gasteiger partial charge in [-0.2, -0.15) is 0 Å². The number of amides is 1. The van der Waals surface area contributed by atoms with Gasteiger partial charge >= 0.3 is 0 Å². The lowest BCUT2D eigenvalue weighted by atomic mass is 10.2. The van der Waals surface area contributed by atoms with Crippen LogP contribution in [-0.2, 0) is 17.8 Å². The van der Waals surface area contributed by atoms with E-state index in [1.165, 1.54) is 11.0 Å². The fraction of sp³-hybridized carbons (Fsp3) is 0.278. The third-order valence-corrected chi connectivity index (χ3v) is 6.17. The van der Waals surface area contributed by atoms with E-state index in [2.05, 4.69) is 27.1 Å². The van der Waals surface area contributed by atoms with E-state index in [0.29, 0.717) is 5.13 Å². The van der Waals surface area contributed by atoms with Gasteiger partial charge in [0, 0.05) is 30.5 Å². The maximum absolute atomic E-state index is 12.2. The highest BCUT2D eigenvalue weighted by Crippen LogP contribution is 2.28. The number of benzene rings is 1. The summed E-state index contributed by atoms with van der Waals surface area (Å²) in [4.78, 5) is 24.9. The molecule has 0 aliphatic carbocycles. The van der Waals surface area contributed by atoms with Crippen LogP contribution in [0.1, 0.15) is 22.5 Å². The first-order chi connectivity index (χ1) is 12.2. The maximum Gasteiger partial charge on any atom is 0.250 e. The van der Waals surface area contributed by atoms with Gasteiger partial charge in [0.2, 0.25) is 5.91 Å². The number of hydrogen-bond acceptors (Lipinski definition) is 6. The number of aromatic nitrogens is 2. The van der Waals surface area contributed by atoms with Crippen LogP contribution in [0.3, 0.4) is 0 Å². The second kappa shape index (κ2) is 7.03. The molecule has 3 heterocycles. The number of carbonyl (C=O) groups excluding carboxylic acids is 1. The highest BCUT2D eigenvalue weighted by atomic mass is 32.1. The summed E-state index contributed by atoms with van der Waals surface area (Å²) in [5.74, 6) is -0.169. The van der Waals surface area contributed by atoms with Crippen molar-refractivity contribution in [2.45, 2.75) is 19.9 Å². The Kier molecular flexibility index (Phi) is 4.61. The molecule has 1 aromatic carbocycles. The number of para-hydroxylation sites is 1. The summed E-state index contributed by atoms with van der Waals surface area (Å²) >= 11 is 3.15. The van der Waals surface area contributed by atoms with E-state index in [-0.39, 0.29) is 5.91 Å². The van der Waals surface area contributed by atoms with Gasteiger partial charge in [-0.05, 0) is 24.8 Å². The molecule has 5 nitrogen and oxygen atoms in total. The molecule has 0 unspecified atom stereocenters. The van der Waals surface area contributed by atoms with Crippen LogP contribution in [-0.4, -0.2) is 33.9 Å². The van der Waals surface area contributed by atoms with Gasteiger partial charge in [0.25, 0.3) is 0 Å². The standard InChI is InChI=1S/C18H18N4OS2/c1-2-22-10-9-13-15(11-22)25-18(20-13)21-16(23)7-8-17-19-12-5-3-4-6-14(12)24-17/h3-8H,2,9-11H2,1H3,(H,20,21,23). The molecule has 4 rings (SSSR count). The van der Waals surface area contributed by atoms with E-state index in [4.69, 9.17) is 0 Å². The topological polar surface area (TPSA) is 58.1 Å². The fourth-order valence-corrected chi connectivity index (χ4v) is 4.75. The zero-order chi connectivity index (χ0) is 17.2. The summed E-state index contributed by atoms with van der Waals surface area (Å²) in [6.45, 7) is 5.19. The number of nitrogens with zero attached hydrogens (tertiary/aromatic N) is 3. The Hall–Kier alpha value is -2.09. The number of carbonyl (C=O) groups is 1. The molecule has 0 atom stereocenters. The Labute approximate surface area is 154 Å². The van der Waals surface area contributed by atoms with Gasteiger partial charge in [-0.25, -0.2) is 9.97 Å². The average molecular weight is 371 g/mol. The monoisotopic (exact) mass is 370 g/mol. The second-order valence-corrected chi connectivity index (χ2v) is 8.00. The number of anilines is 1. The Morgan fingerprint density at radius 1 is 1.32 bits per heavy atom. The number of hydrogen-bond donors (Lipinski definition) is 1. The van der Waals surface area contributed by atoms with Crippen molar-refractivity contribution in [1.29, 1.82) is 0 Å². The summed E-state index contributed by atoms with van der Waals surface area (Å²) in [6, 6.07) is 7.96. The van der Waals surface area contributed by atoms with Gasteiger partial charge in [-0.1, -0.05) is 19.1 Å². The van der Waals surface area contributed by atoms with Crippen LogP contribution in [0.2, 0.25) is 0 Å². The molecular formula is C18H18N4OS2. The number of fused-ring (bicyclic) bond motifs is 2. The van der Waals surface area contributed by atoms with Crippen molar-refractivity contribution in [2.24, 2.45) is 0 Å². The van der Waals surface area contributed by atoms with Crippen LogP contribution in [0.25, 0.3) is 16.3 Å². The smallest absolute Gasteiger partial charge is 0.250 e. The van der Waals surface area contributed by atoms with E-state index < -0.39 is 0 Å². The second-order valence-electron chi connectivity index (χ2n) is 5.85. The summed E-state index contributed by atoms with van der Waals surface area (Å²) in [5, 5.41) is 4.39. The molecule has 1 amide bonds. The molecular weight excluding hydrogens is 352 g/mol. The van der Waals surface area contributed by atoms with Crippen molar-refractivity contribution in [3.63, 3.8) is 0 Å². The predicted molar refractivity (Wildman–Crippen MR) is 104 cm³/mol. The van der Waals surface area contributed by atoms with Gasteiger partial charge in [-0.15, -0.1) is 22.7 Å². The molecule has 0 bridgehead atoms. The average Bonchev–Trinajstić information content (AvgIpc) is 3.21. The molecule has 0 spiro atoms. The molecule has 25 heavy (non-hydrogen) atoms. The Morgan fingerprint density at radius 3 is 3.04 bits per heavy atom. The van der Waals surface area contributed by atoms with E-state index in [1.54, 1.807) is 28.7 Å². The van der Waals surface area contributed by atoms with E-state index in [9.17, 15) is 4.79 Å². The largest absolute Gasteiger partial charge is 0.298 e. The molecule has 1 aliphatic rings. The highest BCUT2D eigenvalue weighted by Gasteiger charge is 2.19. The zero-order valence-electron chi connectivity index (χ0n) is 13.9. The first-order valence-electron chi connectivity index (χ1n) is 8.27. The molecule has 1 N–H and O–H groups in total. The predicted octanol–water partition coefficient (Wildman–Crippen LogP) is 3.78. The Balaban J connectivity index is 1.43. The summed E-state index contributed by atoms with van der Waals surface area (Å²) in [6.07, 6.45) is 4.24. The maximum atomic E-state index is 12.2. The Bertz CT molecular complexity index is 911. The van der Waals surface area contributed by atoms with Gasteiger partial charge in [-0.3, -0.25) is 15.0 Å². The van der Waals surface area contributed by atoms with Gasteiger partial charge in [0.1, 0.15) is 5.01 Å². The van der Waals surface area contributed by atoms with Gasteiger partial charge < -0.3 is 0 Å². The van der Waals surface area contributed by atoms with E-state index in [0.717, 1.165) is 47.0 Å². The molecule has 128 valence electrons. The molecule has 1 aliphatic heterocycles. The van der Waals surface area contributed by atoms with Crippen molar-refractivity contribution in [3.05, 3.63) is 45.9 Å². The SMILES string of the molecule is CCN1CCc2nc(NC(=O)C=Cc3nc4ccccc4s3)sc2C1. The van der Waals surface area contributed by atoms with Crippen LogP contribution < -0.4 is 5.32 Å². The van der Waals surface area contributed by atoms with E-state index >= 15 is 0 Å². The van der Waals surface area contributed by atoms with Crippen LogP contribution in [0.15, 0.2) is 30.3 Å². The summed E-state index contributed by atoms with van der Waals surface area (Å²) < 4.78 is 1.12. The summed E-state index contributed by atoms with van der Waals surface area (Å²) in [7, 11) is 0. The fourth-order valence-electron chi connectivity index (χ4n) is 2.83. The molecule has 0 radical (unpaired) electrons. The van der Waals surface area contributed by atoms with E-state index in [1.807, 2.05) is 24.3 Å². The number of nitrogens with one attached hydrogen (secondary N) is 1. The van der Waals surface area contributed by atoms with Gasteiger partial charge in [0.15, 0.2) is 5.13 Å². The molecule has 7 heteroatoms. The van der Waals surface area contributed by atoms with Crippen molar-refractivity contribution < 1.29 is 4.79 Å². The molecule has 0 saturated carbocycles. The third kappa shape index (κ3) is 3.63. The minimum atomic E-state index is -0.169. The quantitative estimate of drug-likeness (QED) is 0.710. The zero-order valence-corrected chi connectivity index (χ0v) is 15.5. The lowest BCUT2D eigenvalue weighted by Crippen LogP contribution is -2.29. The number of likely N-dealkylation sites (N-methyl/N-ethyl adjacent to an activating group) is 1.